The number of ether oxygens (including phenoxy) is 1. The van der Waals surface area contributed by atoms with Crippen LogP contribution in [0.15, 0.2) is 18.2 Å². The van der Waals surface area contributed by atoms with Crippen LogP contribution in [0.25, 0.3) is 0 Å². The Kier molecular flexibility index (Phi) is 5.78. The molecule has 0 aliphatic carbocycles. The molecule has 6 heteroatoms. The highest BCUT2D eigenvalue weighted by Gasteiger charge is 2.34. The molecule has 0 spiro atoms. The normalized spacial score (nSPS) is 12.8. The van der Waals surface area contributed by atoms with Crippen molar-refractivity contribution in [2.24, 2.45) is 5.73 Å². The maximum Gasteiger partial charge on any atom is 0.416 e. The van der Waals surface area contributed by atoms with E-state index in [9.17, 15) is 13.2 Å². The molecule has 1 aromatic carbocycles. The van der Waals surface area contributed by atoms with Crippen LogP contribution in [0.5, 0.6) is 5.75 Å². The number of benzene rings is 1. The summed E-state index contributed by atoms with van der Waals surface area (Å²) < 4.78 is 43.0. The zero-order valence-electron chi connectivity index (χ0n) is 9.54. The van der Waals surface area contributed by atoms with E-state index in [4.69, 9.17) is 10.5 Å². The van der Waals surface area contributed by atoms with Crippen LogP contribution in [0, 0.1) is 0 Å². The highest BCUT2D eigenvalue weighted by molar-refractivity contribution is 5.85. The highest BCUT2D eigenvalue weighted by Crippen LogP contribution is 2.36. The van der Waals surface area contributed by atoms with Gasteiger partial charge < -0.3 is 10.5 Å². The van der Waals surface area contributed by atoms with Crippen molar-refractivity contribution >= 4 is 12.4 Å². The van der Waals surface area contributed by atoms with Gasteiger partial charge in [0.1, 0.15) is 5.75 Å². The quantitative estimate of drug-likeness (QED) is 0.911. The van der Waals surface area contributed by atoms with Gasteiger partial charge in [-0.15, -0.1) is 12.4 Å². The molecule has 0 saturated heterocycles. The van der Waals surface area contributed by atoms with Gasteiger partial charge in [-0.05, 0) is 24.1 Å². The standard InChI is InChI=1S/C11H14F3NO.ClH/c1-3-10(15)8-5-4-7(16-2)6-9(8)11(12,13)14;/h4-6,10H,3,15H2,1-2H3;1H/t10-;/m1./s1. The molecule has 1 aromatic rings. The summed E-state index contributed by atoms with van der Waals surface area (Å²) >= 11 is 0. The third-order valence-electron chi connectivity index (χ3n) is 2.41. The SMILES string of the molecule is CC[C@@H](N)c1ccc(OC)cc1C(F)(F)F.Cl. The number of methoxy groups -OCH3 is 1. The van der Waals surface area contributed by atoms with E-state index in [1.165, 1.54) is 19.2 Å². The second-order valence-electron chi connectivity index (χ2n) is 3.47. The van der Waals surface area contributed by atoms with Crippen LogP contribution in [0.3, 0.4) is 0 Å². The summed E-state index contributed by atoms with van der Waals surface area (Å²) in [7, 11) is 1.33. The van der Waals surface area contributed by atoms with Gasteiger partial charge >= 0.3 is 6.18 Å². The van der Waals surface area contributed by atoms with Gasteiger partial charge in [0.05, 0.1) is 12.7 Å². The number of nitrogens with two attached hydrogens (primary N) is 1. The van der Waals surface area contributed by atoms with Gasteiger partial charge in [0.25, 0.3) is 0 Å². The van der Waals surface area contributed by atoms with Crippen molar-refractivity contribution < 1.29 is 17.9 Å². The molecule has 2 nitrogen and oxygen atoms in total. The first-order valence-electron chi connectivity index (χ1n) is 4.90. The predicted octanol–water partition coefficient (Wildman–Crippen LogP) is 3.55. The summed E-state index contributed by atoms with van der Waals surface area (Å²) in [6.45, 7) is 1.75. The molecule has 1 atom stereocenters. The zero-order chi connectivity index (χ0) is 12.3. The summed E-state index contributed by atoms with van der Waals surface area (Å²) in [5, 5.41) is 0. The molecular formula is C11H15ClF3NO. The van der Waals surface area contributed by atoms with Crippen molar-refractivity contribution in [2.45, 2.75) is 25.6 Å². The molecule has 0 amide bonds. The maximum absolute atomic E-state index is 12.8. The molecule has 0 aromatic heterocycles. The van der Waals surface area contributed by atoms with Crippen molar-refractivity contribution in [3.8, 4) is 5.75 Å². The lowest BCUT2D eigenvalue weighted by atomic mass is 9.98. The second kappa shape index (κ2) is 6.12. The fourth-order valence-electron chi connectivity index (χ4n) is 1.45. The number of hydrogen-bond acceptors (Lipinski definition) is 2. The molecule has 0 aliphatic rings. The van der Waals surface area contributed by atoms with Crippen molar-refractivity contribution in [1.29, 1.82) is 0 Å². The van der Waals surface area contributed by atoms with E-state index in [1.807, 2.05) is 0 Å². The Balaban J connectivity index is 0.00000256. The monoisotopic (exact) mass is 269 g/mol. The van der Waals surface area contributed by atoms with Crippen molar-refractivity contribution in [2.75, 3.05) is 7.11 Å². The Labute approximate surface area is 104 Å². The molecule has 0 fully saturated rings. The lowest BCUT2D eigenvalue weighted by Gasteiger charge is -2.18. The zero-order valence-corrected chi connectivity index (χ0v) is 10.4. The molecule has 1 rings (SSSR count). The average Bonchev–Trinajstić information content (AvgIpc) is 2.26. The number of rotatable bonds is 3. The van der Waals surface area contributed by atoms with Gasteiger partial charge in [-0.2, -0.15) is 13.2 Å². The Morgan fingerprint density at radius 2 is 1.94 bits per heavy atom. The lowest BCUT2D eigenvalue weighted by Crippen LogP contribution is -2.17. The van der Waals surface area contributed by atoms with Crippen LogP contribution in [0.1, 0.15) is 30.5 Å². The summed E-state index contributed by atoms with van der Waals surface area (Å²) in [6.07, 6.45) is -3.95. The van der Waals surface area contributed by atoms with E-state index in [0.717, 1.165) is 6.07 Å². The fraction of sp³-hybridized carbons (Fsp3) is 0.455. The minimum Gasteiger partial charge on any atom is -0.497 e. The molecule has 0 heterocycles. The predicted molar refractivity (Wildman–Crippen MR) is 62.5 cm³/mol. The van der Waals surface area contributed by atoms with Gasteiger partial charge in [0, 0.05) is 6.04 Å². The summed E-state index contributed by atoms with van der Waals surface area (Å²) in [6, 6.07) is 3.23. The van der Waals surface area contributed by atoms with Gasteiger partial charge in [-0.1, -0.05) is 13.0 Å². The van der Waals surface area contributed by atoms with Crippen molar-refractivity contribution in [3.63, 3.8) is 0 Å². The molecule has 2 N–H and O–H groups in total. The number of hydrogen-bond donors (Lipinski definition) is 1. The van der Waals surface area contributed by atoms with E-state index in [0.29, 0.717) is 6.42 Å². The number of alkyl halides is 3. The van der Waals surface area contributed by atoms with Crippen LogP contribution in [0.2, 0.25) is 0 Å². The largest absolute Gasteiger partial charge is 0.497 e. The third-order valence-corrected chi connectivity index (χ3v) is 2.41. The molecular weight excluding hydrogens is 255 g/mol. The second-order valence-corrected chi connectivity index (χ2v) is 3.47. The van der Waals surface area contributed by atoms with Crippen LogP contribution >= 0.6 is 12.4 Å². The topological polar surface area (TPSA) is 35.2 Å². The molecule has 0 saturated carbocycles. The molecule has 98 valence electrons. The Morgan fingerprint density at radius 1 is 1.35 bits per heavy atom. The third kappa shape index (κ3) is 3.78. The Morgan fingerprint density at radius 3 is 2.35 bits per heavy atom. The molecule has 0 unspecified atom stereocenters. The van der Waals surface area contributed by atoms with E-state index in [1.54, 1.807) is 6.92 Å². The molecule has 0 bridgehead atoms. The highest BCUT2D eigenvalue weighted by atomic mass is 35.5. The first-order chi connectivity index (χ1) is 7.40. The van der Waals surface area contributed by atoms with E-state index in [2.05, 4.69) is 0 Å². The lowest BCUT2D eigenvalue weighted by molar-refractivity contribution is -0.138. The summed E-state index contributed by atoms with van der Waals surface area (Å²) in [5.74, 6) is 0.180. The van der Waals surface area contributed by atoms with Crippen LogP contribution in [-0.4, -0.2) is 7.11 Å². The van der Waals surface area contributed by atoms with Gasteiger partial charge in [-0.25, -0.2) is 0 Å². The Bertz CT molecular complexity index is 368. The van der Waals surface area contributed by atoms with Crippen LogP contribution in [-0.2, 0) is 6.18 Å². The van der Waals surface area contributed by atoms with Gasteiger partial charge in [0.15, 0.2) is 0 Å². The minimum absolute atomic E-state index is 0. The molecule has 17 heavy (non-hydrogen) atoms. The Hall–Kier alpha value is -0.940. The van der Waals surface area contributed by atoms with Crippen LogP contribution in [0.4, 0.5) is 13.2 Å². The van der Waals surface area contributed by atoms with E-state index < -0.39 is 17.8 Å². The van der Waals surface area contributed by atoms with Crippen LogP contribution < -0.4 is 10.5 Å². The fourth-order valence-corrected chi connectivity index (χ4v) is 1.45. The number of halogens is 4. The van der Waals surface area contributed by atoms with Crippen molar-refractivity contribution in [1.82, 2.24) is 0 Å². The average molecular weight is 270 g/mol. The molecule has 0 aliphatic heterocycles. The minimum atomic E-state index is -4.41. The summed E-state index contributed by atoms with van der Waals surface area (Å²) in [5.41, 5.74) is 5.03. The molecule has 0 radical (unpaired) electrons. The summed E-state index contributed by atoms with van der Waals surface area (Å²) in [4.78, 5) is 0. The van der Waals surface area contributed by atoms with Crippen molar-refractivity contribution in [3.05, 3.63) is 29.3 Å². The van der Waals surface area contributed by atoms with E-state index >= 15 is 0 Å². The van der Waals surface area contributed by atoms with Gasteiger partial charge in [-0.3, -0.25) is 0 Å². The first kappa shape index (κ1) is 16.1. The van der Waals surface area contributed by atoms with Gasteiger partial charge in [0.2, 0.25) is 0 Å². The van der Waals surface area contributed by atoms with E-state index in [-0.39, 0.29) is 23.7 Å². The maximum atomic E-state index is 12.8. The smallest absolute Gasteiger partial charge is 0.416 e. The first-order valence-corrected chi connectivity index (χ1v) is 4.90.